The molecule has 0 spiro atoms. The third-order valence-corrected chi connectivity index (χ3v) is 3.61. The van der Waals surface area contributed by atoms with Crippen molar-refractivity contribution in [1.29, 1.82) is 0 Å². The Labute approximate surface area is 127 Å². The highest BCUT2D eigenvalue weighted by atomic mass is 16.5. The van der Waals surface area contributed by atoms with Crippen LogP contribution < -0.4 is 10.1 Å². The number of methoxy groups -OCH3 is 1. The molecule has 1 N–H and O–H groups in total. The van der Waals surface area contributed by atoms with Gasteiger partial charge in [0.2, 0.25) is 0 Å². The fraction of sp³-hybridized carbons (Fsp3) is 0.471. The van der Waals surface area contributed by atoms with Gasteiger partial charge >= 0.3 is 0 Å². The van der Waals surface area contributed by atoms with Gasteiger partial charge < -0.3 is 10.1 Å². The second kappa shape index (κ2) is 7.27. The number of ether oxygens (including phenoxy) is 1. The van der Waals surface area contributed by atoms with Crippen LogP contribution in [0.4, 0.5) is 0 Å². The summed E-state index contributed by atoms with van der Waals surface area (Å²) in [6.45, 7) is 5.22. The molecule has 21 heavy (non-hydrogen) atoms. The molecule has 0 aliphatic rings. The van der Waals surface area contributed by atoms with E-state index in [-0.39, 0.29) is 6.04 Å². The quantitative estimate of drug-likeness (QED) is 0.851. The van der Waals surface area contributed by atoms with Crippen molar-refractivity contribution >= 4 is 0 Å². The number of aryl methyl sites for hydroxylation is 2. The highest BCUT2D eigenvalue weighted by Gasteiger charge is 2.16. The molecule has 0 radical (unpaired) electrons. The lowest BCUT2D eigenvalue weighted by atomic mass is 10.0. The molecule has 0 fully saturated rings. The van der Waals surface area contributed by atoms with Crippen LogP contribution >= 0.6 is 0 Å². The Kier molecular flexibility index (Phi) is 5.39. The zero-order chi connectivity index (χ0) is 15.2. The number of benzene rings is 1. The number of hydrogen-bond donors (Lipinski definition) is 1. The Morgan fingerprint density at radius 1 is 1.33 bits per heavy atom. The summed E-state index contributed by atoms with van der Waals surface area (Å²) in [6.07, 6.45) is 2.04. The van der Waals surface area contributed by atoms with Gasteiger partial charge in [0.1, 0.15) is 5.75 Å². The Hall–Kier alpha value is -1.81. The summed E-state index contributed by atoms with van der Waals surface area (Å²) in [5.41, 5.74) is 3.55. The number of nitrogens with one attached hydrogen (secondary N) is 1. The molecule has 2 aromatic rings. The zero-order valence-corrected chi connectivity index (χ0v) is 13.4. The molecular formula is C17H25N3O. The second-order valence-corrected chi connectivity index (χ2v) is 5.40. The zero-order valence-electron chi connectivity index (χ0n) is 13.4. The molecular weight excluding hydrogens is 262 g/mol. The topological polar surface area (TPSA) is 39.1 Å². The van der Waals surface area contributed by atoms with Crippen molar-refractivity contribution in [3.63, 3.8) is 0 Å². The summed E-state index contributed by atoms with van der Waals surface area (Å²) in [5.74, 6) is 0.905. The van der Waals surface area contributed by atoms with Crippen LogP contribution in [0, 0.1) is 6.92 Å². The Balaban J connectivity index is 2.21. The molecule has 4 heteroatoms. The van der Waals surface area contributed by atoms with Gasteiger partial charge in [0.05, 0.1) is 24.5 Å². The standard InChI is InChI=1S/C17H25N3O/c1-5-9-18-16(17-10-13(2)19-20(17)3)12-14-7-6-8-15(11-14)21-4/h6-8,10-11,16,18H,5,9,12H2,1-4H3. The van der Waals surface area contributed by atoms with Crippen LogP contribution in [0.15, 0.2) is 30.3 Å². The number of hydrogen-bond acceptors (Lipinski definition) is 3. The molecule has 114 valence electrons. The van der Waals surface area contributed by atoms with Crippen LogP contribution in [0.2, 0.25) is 0 Å². The van der Waals surface area contributed by atoms with Gasteiger partial charge in [-0.25, -0.2) is 0 Å². The van der Waals surface area contributed by atoms with E-state index in [0.29, 0.717) is 0 Å². The first-order valence-electron chi connectivity index (χ1n) is 7.51. The molecule has 4 nitrogen and oxygen atoms in total. The summed E-state index contributed by atoms with van der Waals surface area (Å²) in [5, 5.41) is 8.09. The molecule has 1 atom stereocenters. The van der Waals surface area contributed by atoms with Gasteiger partial charge in [-0.15, -0.1) is 0 Å². The van der Waals surface area contributed by atoms with Crippen molar-refractivity contribution in [2.75, 3.05) is 13.7 Å². The maximum absolute atomic E-state index is 5.31. The summed E-state index contributed by atoms with van der Waals surface area (Å²) in [7, 11) is 3.71. The van der Waals surface area contributed by atoms with Crippen molar-refractivity contribution in [2.45, 2.75) is 32.7 Å². The normalized spacial score (nSPS) is 12.4. The summed E-state index contributed by atoms with van der Waals surface area (Å²) in [6, 6.07) is 10.7. The van der Waals surface area contributed by atoms with E-state index in [2.05, 4.69) is 35.5 Å². The fourth-order valence-corrected chi connectivity index (χ4v) is 2.59. The van der Waals surface area contributed by atoms with Gasteiger partial charge in [0.25, 0.3) is 0 Å². The van der Waals surface area contributed by atoms with Gasteiger partial charge in [-0.3, -0.25) is 4.68 Å². The van der Waals surface area contributed by atoms with E-state index < -0.39 is 0 Å². The van der Waals surface area contributed by atoms with Gasteiger partial charge in [0, 0.05) is 7.05 Å². The van der Waals surface area contributed by atoms with Crippen LogP contribution in [0.3, 0.4) is 0 Å². The summed E-state index contributed by atoms with van der Waals surface area (Å²) >= 11 is 0. The van der Waals surface area contributed by atoms with E-state index in [9.17, 15) is 0 Å². The smallest absolute Gasteiger partial charge is 0.119 e. The van der Waals surface area contributed by atoms with E-state index in [0.717, 1.165) is 30.8 Å². The van der Waals surface area contributed by atoms with E-state index in [4.69, 9.17) is 4.74 Å². The molecule has 0 aliphatic heterocycles. The molecule has 1 aromatic heterocycles. The number of aromatic nitrogens is 2. The van der Waals surface area contributed by atoms with Crippen LogP contribution in [-0.4, -0.2) is 23.4 Å². The highest BCUT2D eigenvalue weighted by Crippen LogP contribution is 2.21. The minimum Gasteiger partial charge on any atom is -0.497 e. The monoisotopic (exact) mass is 287 g/mol. The van der Waals surface area contributed by atoms with Gasteiger partial charge in [-0.2, -0.15) is 5.10 Å². The Morgan fingerprint density at radius 3 is 2.76 bits per heavy atom. The first kappa shape index (κ1) is 15.6. The predicted molar refractivity (Wildman–Crippen MR) is 85.7 cm³/mol. The fourth-order valence-electron chi connectivity index (χ4n) is 2.59. The van der Waals surface area contributed by atoms with Crippen molar-refractivity contribution in [3.8, 4) is 5.75 Å². The number of nitrogens with zero attached hydrogens (tertiary/aromatic N) is 2. The first-order chi connectivity index (χ1) is 10.1. The lowest BCUT2D eigenvalue weighted by molar-refractivity contribution is 0.413. The molecule has 1 aromatic carbocycles. The third kappa shape index (κ3) is 4.08. The van der Waals surface area contributed by atoms with Crippen molar-refractivity contribution in [1.82, 2.24) is 15.1 Å². The van der Waals surface area contributed by atoms with Gasteiger partial charge in [-0.1, -0.05) is 19.1 Å². The highest BCUT2D eigenvalue weighted by molar-refractivity contribution is 5.30. The summed E-state index contributed by atoms with van der Waals surface area (Å²) in [4.78, 5) is 0. The largest absolute Gasteiger partial charge is 0.497 e. The van der Waals surface area contributed by atoms with E-state index in [1.54, 1.807) is 7.11 Å². The molecule has 0 saturated heterocycles. The number of rotatable bonds is 7. The SMILES string of the molecule is CCCNC(Cc1cccc(OC)c1)c1cc(C)nn1C. The maximum Gasteiger partial charge on any atom is 0.119 e. The average Bonchev–Trinajstić information content (AvgIpc) is 2.82. The van der Waals surface area contributed by atoms with Crippen molar-refractivity contribution in [2.24, 2.45) is 7.05 Å². The Bertz CT molecular complexity index is 577. The molecule has 2 rings (SSSR count). The van der Waals surface area contributed by atoms with Gasteiger partial charge in [0.15, 0.2) is 0 Å². The minimum atomic E-state index is 0.267. The minimum absolute atomic E-state index is 0.267. The van der Waals surface area contributed by atoms with E-state index in [1.165, 1.54) is 11.3 Å². The van der Waals surface area contributed by atoms with E-state index in [1.807, 2.05) is 30.8 Å². The maximum atomic E-state index is 5.31. The molecule has 0 saturated carbocycles. The molecule has 0 amide bonds. The molecule has 1 unspecified atom stereocenters. The Morgan fingerprint density at radius 2 is 2.14 bits per heavy atom. The lowest BCUT2D eigenvalue weighted by Gasteiger charge is -2.19. The van der Waals surface area contributed by atoms with Gasteiger partial charge in [-0.05, 0) is 50.1 Å². The third-order valence-electron chi connectivity index (χ3n) is 3.61. The van der Waals surface area contributed by atoms with Crippen LogP contribution in [0.25, 0.3) is 0 Å². The van der Waals surface area contributed by atoms with Crippen molar-refractivity contribution in [3.05, 3.63) is 47.3 Å². The molecule has 1 heterocycles. The van der Waals surface area contributed by atoms with Crippen LogP contribution in [0.1, 0.15) is 36.3 Å². The average molecular weight is 287 g/mol. The molecule has 0 bridgehead atoms. The van der Waals surface area contributed by atoms with Crippen LogP contribution in [-0.2, 0) is 13.5 Å². The summed E-state index contributed by atoms with van der Waals surface area (Å²) < 4.78 is 7.29. The van der Waals surface area contributed by atoms with Crippen LogP contribution in [0.5, 0.6) is 5.75 Å². The first-order valence-corrected chi connectivity index (χ1v) is 7.51. The van der Waals surface area contributed by atoms with Crippen molar-refractivity contribution < 1.29 is 4.74 Å². The lowest BCUT2D eigenvalue weighted by Crippen LogP contribution is -2.26. The second-order valence-electron chi connectivity index (χ2n) is 5.40. The molecule has 0 aliphatic carbocycles. The van der Waals surface area contributed by atoms with E-state index >= 15 is 0 Å². The predicted octanol–water partition coefficient (Wildman–Crippen LogP) is 3.02.